The van der Waals surface area contributed by atoms with Crippen LogP contribution in [0.4, 0.5) is 0 Å². The van der Waals surface area contributed by atoms with Crippen LogP contribution in [0.25, 0.3) is 44.5 Å². The first-order valence-electron chi connectivity index (χ1n) is 11.5. The van der Waals surface area contributed by atoms with Gasteiger partial charge >= 0.3 is 0 Å². The molecule has 0 saturated heterocycles. The van der Waals surface area contributed by atoms with Gasteiger partial charge in [-0.15, -0.1) is 53.6 Å². The molecule has 1 radical (unpaired) electrons. The first kappa shape index (κ1) is 18.9. The van der Waals surface area contributed by atoms with Gasteiger partial charge in [0.25, 0.3) is 0 Å². The van der Waals surface area contributed by atoms with Crippen molar-refractivity contribution < 1.29 is 28.6 Å². The van der Waals surface area contributed by atoms with Gasteiger partial charge in [0.2, 0.25) is 0 Å². The first-order valence-corrected chi connectivity index (χ1v) is 10.0. The second-order valence-electron chi connectivity index (χ2n) is 7.04. The van der Waals surface area contributed by atoms with E-state index in [0.29, 0.717) is 0 Å². The second kappa shape index (κ2) is 10.3. The van der Waals surface area contributed by atoms with E-state index < -0.39 is 6.85 Å². The van der Waals surface area contributed by atoms with Crippen LogP contribution in [-0.4, -0.2) is 15.0 Å². The van der Waals surface area contributed by atoms with E-state index >= 15 is 0 Å². The number of nitrogens with zero attached hydrogens (tertiary/aromatic N) is 3. The number of aromatic nitrogens is 3. The van der Waals surface area contributed by atoms with Gasteiger partial charge in [0.15, 0.2) is 5.58 Å². The largest absolute Gasteiger partial charge is 0.455 e. The molecule has 4 aromatic heterocycles. The second-order valence-corrected chi connectivity index (χ2v) is 7.04. The van der Waals surface area contributed by atoms with Gasteiger partial charge in [0, 0.05) is 41.2 Å². The first-order chi connectivity index (χ1) is 17.0. The van der Waals surface area contributed by atoms with Crippen LogP contribution in [0.15, 0.2) is 102 Å². The molecule has 0 atom stereocenters. The summed E-state index contributed by atoms with van der Waals surface area (Å²) in [7, 11) is 0. The smallest absolute Gasteiger partial charge is 0.151 e. The summed E-state index contributed by atoms with van der Waals surface area (Å²) < 4.78 is 27.5. The molecule has 2 aromatic carbocycles. The molecule has 0 bridgehead atoms. The zero-order valence-corrected chi connectivity index (χ0v) is 19.7. The molecule has 0 fully saturated rings. The van der Waals surface area contributed by atoms with Gasteiger partial charge in [0.1, 0.15) is 5.58 Å². The van der Waals surface area contributed by atoms with Crippen LogP contribution in [0.3, 0.4) is 0 Å². The van der Waals surface area contributed by atoms with E-state index in [-0.39, 0.29) is 25.7 Å². The molecule has 0 amide bonds. The molecule has 0 N–H and O–H groups in total. The molecule has 4 heterocycles. The minimum Gasteiger partial charge on any atom is -0.455 e. The zero-order chi connectivity index (χ0) is 24.3. The average molecular weight is 609 g/mol. The molecule has 0 saturated carbocycles. The Balaban J connectivity index is 0.000000167. The number of rotatable bonds is 2. The van der Waals surface area contributed by atoms with E-state index in [4.69, 9.17) is 8.53 Å². The summed E-state index contributed by atoms with van der Waals surface area (Å²) in [5.41, 5.74) is 5.27. The quantitative estimate of drug-likeness (QED) is 0.206. The number of pyridine rings is 3. The zero-order valence-electron chi connectivity index (χ0n) is 20.3. The summed E-state index contributed by atoms with van der Waals surface area (Å²) in [6.07, 6.45) is 7.80. The standard InChI is InChI=1S/C16H9N2O.C12H10N.Ir/c1-2-6-15-12(5-1)13-8-14(18-10-16(13)19-15)11-4-3-7-17-9-11;1-10-7-8-12(13-9-10)11-5-3-2-4-6-11;/h1-8,10H;2-5,7-9H,1H3;/q2*-1;/i;1D3;. The summed E-state index contributed by atoms with van der Waals surface area (Å²) in [5.74, 6) is 0. The maximum Gasteiger partial charge on any atom is 0.151 e. The van der Waals surface area contributed by atoms with Gasteiger partial charge in [-0.3, -0.25) is 0 Å². The van der Waals surface area contributed by atoms with Crippen LogP contribution >= 0.6 is 0 Å². The Hall–Kier alpha value is -3.66. The summed E-state index contributed by atoms with van der Waals surface area (Å²) in [4.78, 5) is 12.5. The van der Waals surface area contributed by atoms with Crippen molar-refractivity contribution in [3.05, 3.63) is 115 Å². The SMILES string of the molecule is [2H]C([2H])([2H])c1ccc(-c2[c-]cccc2)nc1.[Ir].[c-]1ncccc1-c1cc2c(cn1)oc1ccccc12. The molecule has 6 rings (SSSR count). The van der Waals surface area contributed by atoms with E-state index in [0.717, 1.165) is 44.5 Å². The Morgan fingerprint density at radius 1 is 0.788 bits per heavy atom. The number of benzene rings is 2. The van der Waals surface area contributed by atoms with Gasteiger partial charge in [0.05, 0.1) is 6.20 Å². The third-order valence-corrected chi connectivity index (χ3v) is 4.90. The summed E-state index contributed by atoms with van der Waals surface area (Å²) in [6, 6.07) is 27.6. The molecular formula is C28H19IrN3O-2. The number of hydrogen-bond donors (Lipinski definition) is 0. The van der Waals surface area contributed by atoms with Crippen molar-refractivity contribution in [2.45, 2.75) is 6.85 Å². The minimum absolute atomic E-state index is 0. The molecule has 33 heavy (non-hydrogen) atoms. The number of para-hydroxylation sites is 1. The van der Waals surface area contributed by atoms with Crippen LogP contribution in [0.2, 0.25) is 0 Å². The molecule has 4 nitrogen and oxygen atoms in total. The van der Waals surface area contributed by atoms with E-state index in [1.54, 1.807) is 30.6 Å². The minimum atomic E-state index is -2.09. The van der Waals surface area contributed by atoms with Gasteiger partial charge < -0.3 is 19.4 Å². The Labute approximate surface area is 209 Å². The summed E-state index contributed by atoms with van der Waals surface area (Å²) >= 11 is 0. The van der Waals surface area contributed by atoms with Crippen molar-refractivity contribution in [2.75, 3.05) is 0 Å². The monoisotopic (exact) mass is 609 g/mol. The van der Waals surface area contributed by atoms with Crippen molar-refractivity contribution in [3.63, 3.8) is 0 Å². The summed E-state index contributed by atoms with van der Waals surface area (Å²) in [5, 5.41) is 2.17. The molecule has 0 spiro atoms. The molecule has 0 aliphatic heterocycles. The topological polar surface area (TPSA) is 51.8 Å². The molecule has 0 unspecified atom stereocenters. The number of aryl methyl sites for hydroxylation is 1. The molecule has 163 valence electrons. The Morgan fingerprint density at radius 3 is 2.39 bits per heavy atom. The van der Waals surface area contributed by atoms with Crippen LogP contribution in [-0.2, 0) is 20.1 Å². The van der Waals surface area contributed by atoms with E-state index in [1.807, 2.05) is 54.6 Å². The van der Waals surface area contributed by atoms with Crippen LogP contribution in [0.5, 0.6) is 0 Å². The normalized spacial score (nSPS) is 12.1. The third kappa shape index (κ3) is 5.06. The fourth-order valence-corrected chi connectivity index (χ4v) is 3.35. The summed E-state index contributed by atoms with van der Waals surface area (Å²) in [6.45, 7) is -2.09. The van der Waals surface area contributed by atoms with Gasteiger partial charge in [-0.2, -0.15) is 0 Å². The average Bonchev–Trinajstić information content (AvgIpc) is 3.28. The number of hydrogen-bond acceptors (Lipinski definition) is 4. The Morgan fingerprint density at radius 2 is 1.64 bits per heavy atom. The van der Waals surface area contributed by atoms with Crippen molar-refractivity contribution in [3.8, 4) is 22.5 Å². The number of furan rings is 1. The molecule has 5 heteroatoms. The van der Waals surface area contributed by atoms with Gasteiger partial charge in [-0.05, 0) is 36.1 Å². The fourth-order valence-electron chi connectivity index (χ4n) is 3.35. The van der Waals surface area contributed by atoms with E-state index in [9.17, 15) is 0 Å². The number of fused-ring (bicyclic) bond motifs is 3. The molecular weight excluding hydrogens is 587 g/mol. The Bertz CT molecular complexity index is 1570. The third-order valence-electron chi connectivity index (χ3n) is 4.90. The maximum absolute atomic E-state index is 7.23. The van der Waals surface area contributed by atoms with Crippen LogP contribution in [0, 0.1) is 19.1 Å². The van der Waals surface area contributed by atoms with Crippen molar-refractivity contribution in [1.29, 1.82) is 0 Å². The fraction of sp³-hybridized carbons (Fsp3) is 0.0357. The molecule has 0 aliphatic rings. The van der Waals surface area contributed by atoms with E-state index in [2.05, 4.69) is 33.3 Å². The molecule has 0 aliphatic carbocycles. The maximum atomic E-state index is 7.23. The predicted octanol–water partition coefficient (Wildman–Crippen LogP) is 6.70. The van der Waals surface area contributed by atoms with Crippen molar-refractivity contribution in [1.82, 2.24) is 15.0 Å². The van der Waals surface area contributed by atoms with E-state index in [1.165, 1.54) is 6.20 Å². The van der Waals surface area contributed by atoms with Crippen LogP contribution < -0.4 is 0 Å². The van der Waals surface area contributed by atoms with Gasteiger partial charge in [-0.1, -0.05) is 42.6 Å². The van der Waals surface area contributed by atoms with Crippen molar-refractivity contribution in [2.24, 2.45) is 0 Å². The van der Waals surface area contributed by atoms with Gasteiger partial charge in [-0.25, -0.2) is 0 Å². The van der Waals surface area contributed by atoms with Crippen molar-refractivity contribution >= 4 is 21.9 Å². The predicted molar refractivity (Wildman–Crippen MR) is 127 cm³/mol. The molecule has 6 aromatic rings. The Kier molecular flexibility index (Phi) is 5.89. The van der Waals surface area contributed by atoms with Crippen LogP contribution in [0.1, 0.15) is 9.68 Å².